The molecule has 0 bridgehead atoms. The van der Waals surface area contributed by atoms with E-state index in [1.54, 1.807) is 10.9 Å². The Morgan fingerprint density at radius 2 is 2.44 bits per heavy atom. The van der Waals surface area contributed by atoms with E-state index in [4.69, 9.17) is 5.11 Å². The molecule has 0 aromatic carbocycles. The largest absolute Gasteiger partial charge is 0.481 e. The first kappa shape index (κ1) is 10.6. The molecule has 0 saturated heterocycles. The van der Waals surface area contributed by atoms with Crippen molar-refractivity contribution in [2.24, 2.45) is 0 Å². The van der Waals surface area contributed by atoms with Gasteiger partial charge in [-0.25, -0.2) is 4.68 Å². The highest BCUT2D eigenvalue weighted by Gasteiger charge is 2.11. The minimum atomic E-state index is -0.825. The lowest BCUT2D eigenvalue weighted by molar-refractivity contribution is -0.137. The van der Waals surface area contributed by atoms with Gasteiger partial charge in [0.25, 0.3) is 0 Å². The van der Waals surface area contributed by atoms with Crippen LogP contribution in [0.25, 0.3) is 10.7 Å². The Bertz CT molecular complexity index is 467. The van der Waals surface area contributed by atoms with Crippen LogP contribution in [0.1, 0.15) is 12.8 Å². The molecular formula is C7H8N6O2S. The number of rotatable bonds is 5. The molecule has 16 heavy (non-hydrogen) atoms. The third kappa shape index (κ3) is 2.37. The second kappa shape index (κ2) is 4.75. The van der Waals surface area contributed by atoms with E-state index in [1.165, 1.54) is 11.5 Å². The van der Waals surface area contributed by atoms with Gasteiger partial charge in [0.05, 0.1) is 6.20 Å². The predicted molar refractivity (Wildman–Crippen MR) is 53.6 cm³/mol. The molecule has 0 radical (unpaired) electrons. The number of aryl methyl sites for hydroxylation is 1. The van der Waals surface area contributed by atoms with Crippen molar-refractivity contribution in [3.05, 3.63) is 6.20 Å². The lowest BCUT2D eigenvalue weighted by atomic mass is 10.3. The summed E-state index contributed by atoms with van der Waals surface area (Å²) in [5.41, 5.74) is 0. The maximum absolute atomic E-state index is 10.4. The van der Waals surface area contributed by atoms with Gasteiger partial charge in [-0.3, -0.25) is 4.79 Å². The van der Waals surface area contributed by atoms with Crippen LogP contribution in [0.2, 0.25) is 0 Å². The average molecular weight is 240 g/mol. The normalized spacial score (nSPS) is 10.5. The average Bonchev–Trinajstić information content (AvgIpc) is 2.84. The fourth-order valence-corrected chi connectivity index (χ4v) is 1.68. The van der Waals surface area contributed by atoms with Gasteiger partial charge in [-0.2, -0.15) is 0 Å². The monoisotopic (exact) mass is 240 g/mol. The van der Waals surface area contributed by atoms with Crippen molar-refractivity contribution in [3.63, 3.8) is 0 Å². The fourth-order valence-electron chi connectivity index (χ4n) is 1.18. The van der Waals surface area contributed by atoms with Gasteiger partial charge in [-0.1, -0.05) is 4.49 Å². The summed E-state index contributed by atoms with van der Waals surface area (Å²) in [5, 5.41) is 23.4. The minimum absolute atomic E-state index is 0.0975. The molecule has 0 fully saturated rings. The Hall–Kier alpha value is -1.90. The van der Waals surface area contributed by atoms with E-state index in [-0.39, 0.29) is 6.42 Å². The van der Waals surface area contributed by atoms with Crippen molar-refractivity contribution in [2.45, 2.75) is 19.4 Å². The molecule has 2 heterocycles. The summed E-state index contributed by atoms with van der Waals surface area (Å²) in [4.78, 5) is 11.1. The molecule has 84 valence electrons. The molecule has 0 spiro atoms. The summed E-state index contributed by atoms with van der Waals surface area (Å²) >= 11 is 1.19. The number of nitrogens with zero attached hydrogens (tertiary/aromatic N) is 6. The molecule has 2 rings (SSSR count). The van der Waals surface area contributed by atoms with E-state index in [0.29, 0.717) is 18.8 Å². The number of hydrogen-bond acceptors (Lipinski definition) is 7. The summed E-state index contributed by atoms with van der Waals surface area (Å²) in [5.74, 6) is -0.255. The number of carboxylic acids is 1. The zero-order chi connectivity index (χ0) is 11.4. The summed E-state index contributed by atoms with van der Waals surface area (Å²) in [7, 11) is 0. The van der Waals surface area contributed by atoms with Crippen molar-refractivity contribution in [3.8, 4) is 10.7 Å². The van der Waals surface area contributed by atoms with E-state index in [1.807, 2.05) is 0 Å². The first-order valence-corrected chi connectivity index (χ1v) is 5.30. The van der Waals surface area contributed by atoms with Gasteiger partial charge < -0.3 is 5.11 Å². The number of carboxylic acid groups (broad SMARTS) is 1. The van der Waals surface area contributed by atoms with Crippen LogP contribution in [-0.4, -0.2) is 40.9 Å². The Labute approximate surface area is 94.1 Å². The van der Waals surface area contributed by atoms with E-state index < -0.39 is 5.97 Å². The van der Waals surface area contributed by atoms with E-state index in [9.17, 15) is 4.79 Å². The maximum Gasteiger partial charge on any atom is 0.303 e. The Kier molecular flexibility index (Phi) is 3.15. The molecule has 2 aromatic heterocycles. The SMILES string of the molecule is O=C(O)CCCn1nnnc1-c1cnns1. The second-order valence-electron chi connectivity index (χ2n) is 3.00. The van der Waals surface area contributed by atoms with E-state index in [2.05, 4.69) is 25.1 Å². The molecule has 0 atom stereocenters. The smallest absolute Gasteiger partial charge is 0.303 e. The summed E-state index contributed by atoms with van der Waals surface area (Å²) in [6.45, 7) is 0.465. The van der Waals surface area contributed by atoms with Crippen LogP contribution in [0.5, 0.6) is 0 Å². The predicted octanol–water partition coefficient (Wildman–Crippen LogP) is 0.0564. The van der Waals surface area contributed by atoms with Crippen LogP contribution in [0.4, 0.5) is 0 Å². The zero-order valence-corrected chi connectivity index (χ0v) is 8.96. The highest BCUT2D eigenvalue weighted by molar-refractivity contribution is 7.09. The van der Waals surface area contributed by atoms with Gasteiger partial charge >= 0.3 is 5.97 Å². The lowest BCUT2D eigenvalue weighted by Gasteiger charge is -2.00. The first-order valence-electron chi connectivity index (χ1n) is 4.53. The van der Waals surface area contributed by atoms with Gasteiger partial charge in [-0.05, 0) is 28.4 Å². The quantitative estimate of drug-likeness (QED) is 0.787. The highest BCUT2D eigenvalue weighted by Crippen LogP contribution is 2.17. The third-order valence-electron chi connectivity index (χ3n) is 1.87. The molecule has 0 saturated carbocycles. The van der Waals surface area contributed by atoms with Crippen molar-refractivity contribution in [2.75, 3.05) is 0 Å². The summed E-state index contributed by atoms with van der Waals surface area (Å²) < 4.78 is 5.27. The molecule has 8 nitrogen and oxygen atoms in total. The van der Waals surface area contributed by atoms with Crippen molar-refractivity contribution in [1.82, 2.24) is 29.8 Å². The summed E-state index contributed by atoms with van der Waals surface area (Å²) in [6, 6.07) is 0. The maximum atomic E-state index is 10.4. The van der Waals surface area contributed by atoms with Crippen LogP contribution in [0, 0.1) is 0 Å². The molecule has 0 amide bonds. The van der Waals surface area contributed by atoms with Gasteiger partial charge in [-0.15, -0.1) is 10.2 Å². The second-order valence-corrected chi connectivity index (χ2v) is 3.79. The Balaban J connectivity index is 2.05. The fraction of sp³-hybridized carbons (Fsp3) is 0.429. The van der Waals surface area contributed by atoms with Crippen LogP contribution in [0.15, 0.2) is 6.20 Å². The van der Waals surface area contributed by atoms with Gasteiger partial charge in [0.15, 0.2) is 5.82 Å². The highest BCUT2D eigenvalue weighted by atomic mass is 32.1. The molecule has 0 aliphatic rings. The van der Waals surface area contributed by atoms with E-state index in [0.717, 1.165) is 4.88 Å². The van der Waals surface area contributed by atoms with Crippen LogP contribution >= 0.6 is 11.5 Å². The van der Waals surface area contributed by atoms with Crippen LogP contribution in [0.3, 0.4) is 0 Å². The molecule has 0 aliphatic heterocycles. The van der Waals surface area contributed by atoms with Gasteiger partial charge in [0.1, 0.15) is 4.88 Å². The van der Waals surface area contributed by atoms with Crippen molar-refractivity contribution in [1.29, 1.82) is 0 Å². The van der Waals surface area contributed by atoms with Crippen molar-refractivity contribution < 1.29 is 9.90 Å². The standard InChI is InChI=1S/C7H8N6O2S/c14-6(15)2-1-3-13-7(9-10-11-13)5-4-8-12-16-5/h4H,1-3H2,(H,14,15). The number of carbonyl (C=O) groups is 1. The lowest BCUT2D eigenvalue weighted by Crippen LogP contribution is -2.05. The van der Waals surface area contributed by atoms with Crippen molar-refractivity contribution >= 4 is 17.5 Å². The summed E-state index contributed by atoms with van der Waals surface area (Å²) in [6.07, 6.45) is 2.16. The number of aromatic nitrogens is 6. The molecule has 0 aliphatic carbocycles. The van der Waals surface area contributed by atoms with Gasteiger partial charge in [0, 0.05) is 13.0 Å². The van der Waals surface area contributed by atoms with Crippen LogP contribution in [-0.2, 0) is 11.3 Å². The Morgan fingerprint density at radius 1 is 1.56 bits per heavy atom. The van der Waals surface area contributed by atoms with Crippen LogP contribution < -0.4 is 0 Å². The molecule has 9 heteroatoms. The molecule has 1 N–H and O–H groups in total. The minimum Gasteiger partial charge on any atom is -0.481 e. The molecule has 2 aromatic rings. The van der Waals surface area contributed by atoms with Gasteiger partial charge in [0.2, 0.25) is 0 Å². The number of tetrazole rings is 1. The zero-order valence-electron chi connectivity index (χ0n) is 8.15. The molecule has 0 unspecified atom stereocenters. The molecular weight excluding hydrogens is 232 g/mol. The number of hydrogen-bond donors (Lipinski definition) is 1. The topological polar surface area (TPSA) is 107 Å². The Morgan fingerprint density at radius 3 is 3.12 bits per heavy atom. The first-order chi connectivity index (χ1) is 7.77. The number of aliphatic carboxylic acids is 1. The van der Waals surface area contributed by atoms with E-state index >= 15 is 0 Å². The third-order valence-corrected chi connectivity index (χ3v) is 2.53.